The van der Waals surface area contributed by atoms with Gasteiger partial charge in [0.1, 0.15) is 10.6 Å². The molecule has 9 nitrogen and oxygen atoms in total. The third-order valence-corrected chi connectivity index (χ3v) is 10.8. The molecular formula is C30H35N5O4S2. The number of nitrogens with zero attached hydrogens (tertiary/aromatic N) is 3. The number of benzene rings is 1. The van der Waals surface area contributed by atoms with Crippen molar-refractivity contribution in [2.75, 3.05) is 36.6 Å². The first-order valence-electron chi connectivity index (χ1n) is 14.0. The van der Waals surface area contributed by atoms with E-state index in [9.17, 15) is 18.5 Å². The Hall–Kier alpha value is -3.36. The Bertz CT molecular complexity index is 1450. The highest BCUT2D eigenvalue weighted by atomic mass is 32.2. The summed E-state index contributed by atoms with van der Waals surface area (Å²) in [6.07, 6.45) is 8.77. The fraction of sp³-hybridized carbons (Fsp3) is 0.467. The van der Waals surface area contributed by atoms with E-state index in [4.69, 9.17) is 10.1 Å². The maximum absolute atomic E-state index is 13.3. The molecule has 2 aliphatic carbocycles. The molecule has 0 bridgehead atoms. The highest BCUT2D eigenvalue weighted by Gasteiger charge is 2.46. The van der Waals surface area contributed by atoms with E-state index in [1.165, 1.54) is 11.8 Å². The summed E-state index contributed by atoms with van der Waals surface area (Å²) < 4.78 is 28.9. The first-order chi connectivity index (χ1) is 19.7. The van der Waals surface area contributed by atoms with Crippen LogP contribution in [0.5, 0.6) is 5.88 Å². The molecule has 2 aromatic rings. The zero-order chi connectivity index (χ0) is 29.0. The van der Waals surface area contributed by atoms with Crippen LogP contribution < -0.4 is 15.0 Å². The molecular weight excluding hydrogens is 558 g/mol. The van der Waals surface area contributed by atoms with Crippen LogP contribution in [0.15, 0.2) is 48.7 Å². The third-order valence-electron chi connectivity index (χ3n) is 8.13. The van der Waals surface area contributed by atoms with Crippen LogP contribution in [0.1, 0.15) is 49.7 Å². The molecule has 1 aliphatic heterocycles. The van der Waals surface area contributed by atoms with Crippen molar-refractivity contribution in [2.45, 2.75) is 44.1 Å². The minimum atomic E-state index is -2.97. The van der Waals surface area contributed by atoms with Gasteiger partial charge in [0.2, 0.25) is 11.8 Å². The molecule has 5 rings (SSSR count). The molecule has 3 fully saturated rings. The van der Waals surface area contributed by atoms with Crippen molar-refractivity contribution >= 4 is 43.1 Å². The lowest BCUT2D eigenvalue weighted by Crippen LogP contribution is -2.42. The Balaban J connectivity index is 1.41. The van der Waals surface area contributed by atoms with Crippen LogP contribution in [0.25, 0.3) is 4.91 Å². The second-order valence-corrected chi connectivity index (χ2v) is 14.3. The number of carbonyl (C=O) groups is 1. The molecule has 216 valence electrons. The van der Waals surface area contributed by atoms with Gasteiger partial charge in [0, 0.05) is 47.4 Å². The zero-order valence-corrected chi connectivity index (χ0v) is 24.8. The van der Waals surface area contributed by atoms with Crippen molar-refractivity contribution < 1.29 is 17.9 Å². The first-order valence-corrected chi connectivity index (χ1v) is 16.6. The number of methoxy groups -OCH3 is 1. The van der Waals surface area contributed by atoms with E-state index in [2.05, 4.69) is 27.3 Å². The molecule has 3 aliphatic rings. The quantitative estimate of drug-likeness (QED) is 0.340. The fourth-order valence-electron chi connectivity index (χ4n) is 5.40. The minimum Gasteiger partial charge on any atom is -0.481 e. The molecule has 41 heavy (non-hydrogen) atoms. The van der Waals surface area contributed by atoms with Gasteiger partial charge in [-0.05, 0) is 55.4 Å². The molecule has 2 atom stereocenters. The van der Waals surface area contributed by atoms with Crippen LogP contribution in [-0.2, 0) is 14.6 Å². The van der Waals surface area contributed by atoms with Gasteiger partial charge in [-0.1, -0.05) is 42.8 Å². The average Bonchev–Trinajstić information content (AvgIpc) is 3.77. The predicted molar refractivity (Wildman–Crippen MR) is 162 cm³/mol. The van der Waals surface area contributed by atoms with Gasteiger partial charge in [0.05, 0.1) is 24.7 Å². The number of nitriles is 1. The van der Waals surface area contributed by atoms with Crippen LogP contribution in [0, 0.1) is 28.6 Å². The highest BCUT2D eigenvalue weighted by Crippen LogP contribution is 2.40. The Labute approximate surface area is 245 Å². The standard InChI is InChI=1S/C30H35N5O4S2/c1-39-27-11-8-23(19-33-27)28(32)40-26(21-6-9-24(10-7-21)35-14-16-41(37,38)17-15-35)18-22-4-2-3-5-25(22)29(36)34-30(20-31)12-13-30/h6-11,18-19,22,25,32H,2-5,12-17H2,1H3,(H,34,36). The van der Waals surface area contributed by atoms with Crippen LogP contribution in [0.3, 0.4) is 0 Å². The van der Waals surface area contributed by atoms with E-state index in [1.54, 1.807) is 25.4 Å². The summed E-state index contributed by atoms with van der Waals surface area (Å²) in [7, 11) is -1.42. The molecule has 2 unspecified atom stereocenters. The number of hydrogen-bond donors (Lipinski definition) is 2. The molecule has 11 heteroatoms. The normalized spacial score (nSPS) is 23.2. The predicted octanol–water partition coefficient (Wildman–Crippen LogP) is 4.40. The maximum Gasteiger partial charge on any atom is 0.224 e. The van der Waals surface area contributed by atoms with Crippen molar-refractivity contribution in [3.63, 3.8) is 0 Å². The number of anilines is 1. The average molecular weight is 594 g/mol. The molecule has 2 saturated carbocycles. The topological polar surface area (TPSA) is 136 Å². The Kier molecular flexibility index (Phi) is 8.71. The second kappa shape index (κ2) is 12.2. The van der Waals surface area contributed by atoms with E-state index in [1.807, 2.05) is 24.3 Å². The van der Waals surface area contributed by atoms with E-state index in [-0.39, 0.29) is 29.2 Å². The van der Waals surface area contributed by atoms with Crippen molar-refractivity contribution in [3.8, 4) is 11.9 Å². The summed E-state index contributed by atoms with van der Waals surface area (Å²) in [5.41, 5.74) is 1.85. The van der Waals surface area contributed by atoms with E-state index in [0.29, 0.717) is 42.4 Å². The number of rotatable bonds is 8. The molecule has 1 amide bonds. The SMILES string of the molecule is COc1ccc(C(=N)SC(=CC2CCCCC2C(=O)NC2(C#N)CC2)c2ccc(N3CCS(=O)(=O)CC3)cc2)cn1. The van der Waals surface area contributed by atoms with Crippen molar-refractivity contribution in [3.05, 3.63) is 59.8 Å². The van der Waals surface area contributed by atoms with E-state index in [0.717, 1.165) is 41.8 Å². The summed E-state index contributed by atoms with van der Waals surface area (Å²) in [4.78, 5) is 20.5. The molecule has 0 radical (unpaired) electrons. The van der Waals surface area contributed by atoms with Gasteiger partial charge in [-0.25, -0.2) is 13.4 Å². The van der Waals surface area contributed by atoms with Crippen LogP contribution in [0.2, 0.25) is 0 Å². The van der Waals surface area contributed by atoms with Crippen molar-refractivity contribution in [1.82, 2.24) is 10.3 Å². The number of pyridine rings is 1. The lowest BCUT2D eigenvalue weighted by Gasteiger charge is -2.30. The van der Waals surface area contributed by atoms with Gasteiger partial charge in [-0.15, -0.1) is 0 Å². The molecule has 1 aromatic carbocycles. The number of thioether (sulfide) groups is 1. The summed E-state index contributed by atoms with van der Waals surface area (Å²) in [6, 6.07) is 13.8. The molecule has 2 heterocycles. The van der Waals surface area contributed by atoms with Crippen molar-refractivity contribution in [2.24, 2.45) is 11.8 Å². The number of ether oxygens (including phenoxy) is 1. The van der Waals surface area contributed by atoms with E-state index < -0.39 is 15.4 Å². The van der Waals surface area contributed by atoms with Crippen LogP contribution >= 0.6 is 11.8 Å². The van der Waals surface area contributed by atoms with Crippen LogP contribution in [0.4, 0.5) is 5.69 Å². The van der Waals surface area contributed by atoms with Gasteiger partial charge in [-0.3, -0.25) is 10.2 Å². The molecule has 0 spiro atoms. The summed E-state index contributed by atoms with van der Waals surface area (Å²) in [6.45, 7) is 0.939. The zero-order valence-electron chi connectivity index (χ0n) is 23.1. The Morgan fingerprint density at radius 2 is 1.83 bits per heavy atom. The summed E-state index contributed by atoms with van der Waals surface area (Å²) in [5, 5.41) is 21.7. The number of nitrogens with one attached hydrogen (secondary N) is 2. The molecule has 1 aromatic heterocycles. The number of allylic oxidation sites excluding steroid dienone is 1. The lowest BCUT2D eigenvalue weighted by atomic mass is 9.78. The number of aromatic nitrogens is 1. The summed E-state index contributed by atoms with van der Waals surface area (Å²) >= 11 is 1.33. The van der Waals surface area contributed by atoms with Gasteiger partial charge in [0.25, 0.3) is 0 Å². The van der Waals surface area contributed by atoms with Crippen LogP contribution in [-0.4, -0.2) is 61.6 Å². The molecule has 2 N–H and O–H groups in total. The molecule has 1 saturated heterocycles. The van der Waals surface area contributed by atoms with Crippen molar-refractivity contribution in [1.29, 1.82) is 10.7 Å². The monoisotopic (exact) mass is 593 g/mol. The smallest absolute Gasteiger partial charge is 0.224 e. The maximum atomic E-state index is 13.3. The van der Waals surface area contributed by atoms with Gasteiger partial charge < -0.3 is 15.0 Å². The van der Waals surface area contributed by atoms with E-state index >= 15 is 0 Å². The first kappa shape index (κ1) is 29.1. The Morgan fingerprint density at radius 3 is 2.44 bits per heavy atom. The van der Waals surface area contributed by atoms with Gasteiger partial charge in [-0.2, -0.15) is 5.26 Å². The lowest BCUT2D eigenvalue weighted by molar-refractivity contribution is -0.127. The number of sulfone groups is 1. The number of amides is 1. The highest BCUT2D eigenvalue weighted by molar-refractivity contribution is 8.22. The number of hydrogen-bond acceptors (Lipinski definition) is 9. The third kappa shape index (κ3) is 7.11. The minimum absolute atomic E-state index is 0.0190. The fourth-order valence-corrected chi connectivity index (χ4v) is 7.55. The van der Waals surface area contributed by atoms with Gasteiger partial charge in [0.15, 0.2) is 9.84 Å². The second-order valence-electron chi connectivity index (χ2n) is 11.0. The largest absolute Gasteiger partial charge is 0.481 e. The Morgan fingerprint density at radius 1 is 1.15 bits per heavy atom. The number of carbonyl (C=O) groups excluding carboxylic acids is 1. The summed E-state index contributed by atoms with van der Waals surface area (Å²) in [5.74, 6) is 0.484. The van der Waals surface area contributed by atoms with Gasteiger partial charge >= 0.3 is 0 Å².